The highest BCUT2D eigenvalue weighted by atomic mass is 19.4. The first kappa shape index (κ1) is 26.4. The first-order valence-corrected chi connectivity index (χ1v) is 11.7. The number of nitriles is 1. The number of halogens is 3. The Morgan fingerprint density at radius 3 is 2.63 bits per heavy atom. The largest absolute Gasteiger partial charge is 0.439 e. The van der Waals surface area contributed by atoms with Crippen molar-refractivity contribution in [2.75, 3.05) is 11.4 Å². The van der Waals surface area contributed by atoms with Gasteiger partial charge in [0.15, 0.2) is 0 Å². The Hall–Kier alpha value is -3.22. The number of amides is 1. The van der Waals surface area contributed by atoms with E-state index in [0.29, 0.717) is 18.7 Å². The van der Waals surface area contributed by atoms with E-state index in [0.717, 1.165) is 31.0 Å². The molecule has 0 bridgehead atoms. The molecular formula is C25H32F3N5O2. The van der Waals surface area contributed by atoms with Gasteiger partial charge in [-0.1, -0.05) is 20.8 Å². The van der Waals surface area contributed by atoms with E-state index >= 15 is 0 Å². The second-order valence-electron chi connectivity index (χ2n) is 10.0. The summed E-state index contributed by atoms with van der Waals surface area (Å²) >= 11 is 0. The number of carbonyl (C=O) groups excluding carboxylic acids is 1. The Kier molecular flexibility index (Phi) is 7.68. The second kappa shape index (κ2) is 10.2. The molecule has 1 aliphatic rings. The van der Waals surface area contributed by atoms with Gasteiger partial charge in [-0.25, -0.2) is 9.78 Å². The molecule has 1 saturated carbocycles. The first-order valence-electron chi connectivity index (χ1n) is 11.7. The maximum atomic E-state index is 13.6. The summed E-state index contributed by atoms with van der Waals surface area (Å²) in [4.78, 5) is 17.9. The lowest BCUT2D eigenvalue weighted by molar-refractivity contribution is -0.137. The van der Waals surface area contributed by atoms with E-state index in [1.54, 1.807) is 24.7 Å². The van der Waals surface area contributed by atoms with Crippen LogP contribution in [0.4, 0.5) is 23.7 Å². The molecule has 0 saturated heterocycles. The van der Waals surface area contributed by atoms with Gasteiger partial charge >= 0.3 is 12.3 Å². The van der Waals surface area contributed by atoms with Gasteiger partial charge in [0.1, 0.15) is 6.10 Å². The second-order valence-corrected chi connectivity index (χ2v) is 10.0. The van der Waals surface area contributed by atoms with Crippen LogP contribution in [0, 0.1) is 16.7 Å². The van der Waals surface area contributed by atoms with Gasteiger partial charge in [-0.3, -0.25) is 0 Å². The Morgan fingerprint density at radius 2 is 2.06 bits per heavy atom. The van der Waals surface area contributed by atoms with Crippen molar-refractivity contribution in [1.82, 2.24) is 9.55 Å². The molecule has 2 aromatic rings. The van der Waals surface area contributed by atoms with E-state index in [1.165, 1.54) is 6.07 Å². The molecule has 1 aromatic heterocycles. The average molecular weight is 492 g/mol. The van der Waals surface area contributed by atoms with Gasteiger partial charge in [0.25, 0.3) is 0 Å². The number of benzene rings is 1. The number of nitrogens with zero attached hydrogens (tertiary/aromatic N) is 4. The lowest BCUT2D eigenvalue weighted by Gasteiger charge is -2.40. The summed E-state index contributed by atoms with van der Waals surface area (Å²) in [5.41, 5.74) is 4.79. The zero-order valence-corrected chi connectivity index (χ0v) is 20.5. The highest BCUT2D eigenvalue weighted by molar-refractivity contribution is 5.65. The molecule has 7 nitrogen and oxygen atoms in total. The van der Waals surface area contributed by atoms with Gasteiger partial charge in [0.2, 0.25) is 0 Å². The monoisotopic (exact) mass is 491 g/mol. The molecule has 1 aromatic carbocycles. The van der Waals surface area contributed by atoms with Crippen molar-refractivity contribution in [2.45, 2.75) is 77.7 Å². The van der Waals surface area contributed by atoms with Crippen LogP contribution in [-0.4, -0.2) is 28.2 Å². The molecule has 1 heterocycles. The summed E-state index contributed by atoms with van der Waals surface area (Å²) < 4.78 is 48.1. The Labute approximate surface area is 203 Å². The van der Waals surface area contributed by atoms with Crippen LogP contribution in [0.25, 0.3) is 0 Å². The standard InChI is InChI=1S/C25H32F3N5O2/c1-5-32(19-10-9-16(13-29)20(12-19)25(26,27)28)17-7-6-8-18(11-17)33-15-31-14-21(33)22(24(2,3)4)35-23(30)34/h9-10,12,14-15,17-18,22H,5-8,11H2,1-4H3,(H2,30,34). The van der Waals surface area contributed by atoms with Crippen molar-refractivity contribution in [3.8, 4) is 6.07 Å². The maximum Gasteiger partial charge on any atom is 0.417 e. The van der Waals surface area contributed by atoms with Crippen LogP contribution in [0.5, 0.6) is 0 Å². The third-order valence-electron chi connectivity index (χ3n) is 6.54. The molecule has 1 aliphatic carbocycles. The third kappa shape index (κ3) is 5.89. The van der Waals surface area contributed by atoms with Crippen molar-refractivity contribution < 1.29 is 22.7 Å². The smallest absolute Gasteiger partial charge is 0.417 e. The molecular weight excluding hydrogens is 459 g/mol. The summed E-state index contributed by atoms with van der Waals surface area (Å²) in [6.45, 7) is 8.28. The number of imidazole rings is 1. The predicted molar refractivity (Wildman–Crippen MR) is 126 cm³/mol. The summed E-state index contributed by atoms with van der Waals surface area (Å²) in [7, 11) is 0. The topological polar surface area (TPSA) is 97.2 Å². The summed E-state index contributed by atoms with van der Waals surface area (Å²) in [6.07, 6.45) is 0.581. The molecule has 2 N–H and O–H groups in total. The highest BCUT2D eigenvalue weighted by Crippen LogP contribution is 2.41. The minimum atomic E-state index is -4.61. The predicted octanol–water partition coefficient (Wildman–Crippen LogP) is 5.97. The quantitative estimate of drug-likeness (QED) is 0.537. The van der Waals surface area contributed by atoms with Crippen LogP contribution in [0.15, 0.2) is 30.7 Å². The molecule has 3 unspecified atom stereocenters. The fraction of sp³-hybridized carbons (Fsp3) is 0.560. The van der Waals surface area contributed by atoms with Crippen LogP contribution in [0.2, 0.25) is 0 Å². The molecule has 0 radical (unpaired) electrons. The third-order valence-corrected chi connectivity index (χ3v) is 6.54. The minimum Gasteiger partial charge on any atom is -0.439 e. The van der Waals surface area contributed by atoms with Crippen molar-refractivity contribution in [2.24, 2.45) is 11.1 Å². The number of alkyl halides is 3. The molecule has 3 rings (SSSR count). The summed E-state index contributed by atoms with van der Waals surface area (Å²) in [5.74, 6) is 0. The van der Waals surface area contributed by atoms with Crippen LogP contribution < -0.4 is 10.6 Å². The van der Waals surface area contributed by atoms with Crippen LogP contribution in [0.3, 0.4) is 0 Å². The molecule has 1 amide bonds. The maximum absolute atomic E-state index is 13.6. The molecule has 35 heavy (non-hydrogen) atoms. The number of nitrogens with two attached hydrogens (primary N) is 1. The lowest BCUT2D eigenvalue weighted by atomic mass is 9.85. The van der Waals surface area contributed by atoms with E-state index in [-0.39, 0.29) is 17.6 Å². The first-order chi connectivity index (χ1) is 16.4. The number of rotatable bonds is 6. The van der Waals surface area contributed by atoms with E-state index in [1.807, 2.05) is 37.2 Å². The highest BCUT2D eigenvalue weighted by Gasteiger charge is 2.37. The van der Waals surface area contributed by atoms with Gasteiger partial charge in [0.05, 0.1) is 35.4 Å². The molecule has 1 fully saturated rings. The molecule has 3 atom stereocenters. The molecule has 10 heteroatoms. The zero-order valence-electron chi connectivity index (χ0n) is 20.5. The Bertz CT molecular complexity index is 1080. The zero-order chi connectivity index (χ0) is 26.0. The van der Waals surface area contributed by atoms with Gasteiger partial charge in [0, 0.05) is 29.7 Å². The number of aromatic nitrogens is 2. The van der Waals surface area contributed by atoms with E-state index in [2.05, 4.69) is 4.98 Å². The normalized spacial score (nSPS) is 19.6. The molecule has 0 spiro atoms. The van der Waals surface area contributed by atoms with E-state index < -0.39 is 29.4 Å². The van der Waals surface area contributed by atoms with Gasteiger partial charge < -0.3 is 19.9 Å². The fourth-order valence-electron chi connectivity index (χ4n) is 4.99. The van der Waals surface area contributed by atoms with Crippen molar-refractivity contribution in [3.05, 3.63) is 47.5 Å². The minimum absolute atomic E-state index is 0.00633. The van der Waals surface area contributed by atoms with Gasteiger partial charge in [-0.2, -0.15) is 18.4 Å². The van der Waals surface area contributed by atoms with Gasteiger partial charge in [-0.15, -0.1) is 0 Å². The SMILES string of the molecule is CCN(c1ccc(C#N)c(C(F)(F)F)c1)C1CCCC(n2cncc2C(OC(N)=O)C(C)(C)C)C1. The Morgan fingerprint density at radius 1 is 1.34 bits per heavy atom. The number of hydrogen-bond acceptors (Lipinski definition) is 5. The van der Waals surface area contributed by atoms with Crippen LogP contribution in [0.1, 0.15) is 82.3 Å². The molecule has 0 aliphatic heterocycles. The number of anilines is 1. The van der Waals surface area contributed by atoms with Crippen molar-refractivity contribution in [1.29, 1.82) is 5.26 Å². The number of primary amides is 1. The van der Waals surface area contributed by atoms with Crippen molar-refractivity contribution >= 4 is 11.8 Å². The average Bonchev–Trinajstić information content (AvgIpc) is 3.26. The summed E-state index contributed by atoms with van der Waals surface area (Å²) in [6, 6.07) is 5.56. The number of hydrogen-bond donors (Lipinski definition) is 1. The van der Waals surface area contributed by atoms with E-state index in [4.69, 9.17) is 15.7 Å². The number of carbonyl (C=O) groups is 1. The number of ether oxygens (including phenoxy) is 1. The van der Waals surface area contributed by atoms with Crippen LogP contribution >= 0.6 is 0 Å². The molecule has 190 valence electrons. The van der Waals surface area contributed by atoms with Crippen molar-refractivity contribution in [3.63, 3.8) is 0 Å². The fourth-order valence-corrected chi connectivity index (χ4v) is 4.99. The summed E-state index contributed by atoms with van der Waals surface area (Å²) in [5, 5.41) is 9.13. The lowest BCUT2D eigenvalue weighted by Crippen LogP contribution is -2.40. The van der Waals surface area contributed by atoms with E-state index in [9.17, 15) is 18.0 Å². The van der Waals surface area contributed by atoms with Gasteiger partial charge in [-0.05, 0) is 50.8 Å². The van der Waals surface area contributed by atoms with Crippen LogP contribution in [-0.2, 0) is 10.9 Å². The Balaban J connectivity index is 1.91.